The molecule has 1 fully saturated rings. The van der Waals surface area contributed by atoms with Gasteiger partial charge in [-0.2, -0.15) is 0 Å². The summed E-state index contributed by atoms with van der Waals surface area (Å²) in [5.41, 5.74) is 0.771. The summed E-state index contributed by atoms with van der Waals surface area (Å²) in [5.74, 6) is 0.482. The third-order valence-corrected chi connectivity index (χ3v) is 3.71. The molecular weight excluding hydrogens is 228 g/mol. The van der Waals surface area contributed by atoms with E-state index in [1.54, 1.807) is 0 Å². The van der Waals surface area contributed by atoms with E-state index in [1.807, 2.05) is 27.8 Å². The molecule has 0 unspecified atom stereocenters. The van der Waals surface area contributed by atoms with Crippen LogP contribution in [0.4, 0.5) is 0 Å². The Kier molecular flexibility index (Phi) is 4.07. The summed E-state index contributed by atoms with van der Waals surface area (Å²) in [6, 6.07) is 4.11. The monoisotopic (exact) mass is 250 g/mol. The third kappa shape index (κ3) is 2.58. The predicted molar refractivity (Wildman–Crippen MR) is 70.5 cm³/mol. The van der Waals surface area contributed by atoms with Crippen LogP contribution in [0.25, 0.3) is 0 Å². The molecule has 1 aliphatic heterocycles. The molecule has 18 heavy (non-hydrogen) atoms. The molecule has 0 aromatic carbocycles. The van der Waals surface area contributed by atoms with Crippen LogP contribution < -0.4 is 0 Å². The van der Waals surface area contributed by atoms with Gasteiger partial charge in [-0.15, -0.1) is 0 Å². The number of amides is 1. The Morgan fingerprint density at radius 2 is 2.11 bits per heavy atom. The maximum atomic E-state index is 12.4. The van der Waals surface area contributed by atoms with E-state index in [4.69, 9.17) is 5.11 Å². The average Bonchev–Trinajstić information content (AvgIpc) is 2.87. The lowest BCUT2D eigenvalue weighted by molar-refractivity contribution is 0.0639. The molecule has 1 aliphatic rings. The Balaban J connectivity index is 2.06. The number of aromatic nitrogens is 1. The molecule has 0 spiro atoms. The number of nitrogens with zero attached hydrogens (tertiary/aromatic N) is 2. The van der Waals surface area contributed by atoms with Crippen molar-refractivity contribution in [3.8, 4) is 0 Å². The normalized spacial score (nSPS) is 17.4. The second-order valence-electron chi connectivity index (χ2n) is 5.31. The van der Waals surface area contributed by atoms with E-state index in [2.05, 4.69) is 13.8 Å². The highest BCUT2D eigenvalue weighted by atomic mass is 16.3. The first-order chi connectivity index (χ1) is 8.63. The van der Waals surface area contributed by atoms with Crippen molar-refractivity contribution in [2.45, 2.75) is 32.7 Å². The number of hydrogen-bond acceptors (Lipinski definition) is 2. The molecule has 1 amide bonds. The highest BCUT2D eigenvalue weighted by Crippen LogP contribution is 2.20. The van der Waals surface area contributed by atoms with E-state index in [0.717, 1.165) is 31.6 Å². The first kappa shape index (κ1) is 13.1. The fraction of sp³-hybridized carbons (Fsp3) is 0.643. The standard InChI is InChI=1S/C14H22N2O2/c1-11(2)16-7-3-4-13(16)14(18)15-8-5-12(10-17)6-9-15/h3-4,7,11-12,17H,5-6,8-10H2,1-2H3. The molecule has 4 heteroatoms. The molecular formula is C14H22N2O2. The van der Waals surface area contributed by atoms with Gasteiger partial charge in [0.25, 0.3) is 5.91 Å². The molecule has 1 saturated heterocycles. The van der Waals surface area contributed by atoms with Gasteiger partial charge >= 0.3 is 0 Å². The van der Waals surface area contributed by atoms with Crippen LogP contribution in [-0.2, 0) is 0 Å². The Hall–Kier alpha value is -1.29. The molecule has 2 rings (SSSR count). The van der Waals surface area contributed by atoms with Gasteiger partial charge in [-0.3, -0.25) is 4.79 Å². The van der Waals surface area contributed by atoms with Crippen molar-refractivity contribution in [1.29, 1.82) is 0 Å². The highest BCUT2D eigenvalue weighted by molar-refractivity contribution is 5.92. The molecule has 100 valence electrons. The second-order valence-corrected chi connectivity index (χ2v) is 5.31. The lowest BCUT2D eigenvalue weighted by atomic mass is 9.98. The number of piperidine rings is 1. The maximum Gasteiger partial charge on any atom is 0.270 e. The van der Waals surface area contributed by atoms with Crippen molar-refractivity contribution in [2.75, 3.05) is 19.7 Å². The lowest BCUT2D eigenvalue weighted by Crippen LogP contribution is -2.40. The van der Waals surface area contributed by atoms with E-state index < -0.39 is 0 Å². The first-order valence-electron chi connectivity index (χ1n) is 6.70. The fourth-order valence-electron chi connectivity index (χ4n) is 2.51. The summed E-state index contributed by atoms with van der Waals surface area (Å²) >= 11 is 0. The minimum Gasteiger partial charge on any atom is -0.396 e. The number of carbonyl (C=O) groups is 1. The van der Waals surface area contributed by atoms with Crippen LogP contribution in [-0.4, -0.2) is 40.2 Å². The number of rotatable bonds is 3. The average molecular weight is 250 g/mol. The van der Waals surface area contributed by atoms with Crippen molar-refractivity contribution in [3.63, 3.8) is 0 Å². The molecule has 4 nitrogen and oxygen atoms in total. The van der Waals surface area contributed by atoms with Crippen LogP contribution in [0.3, 0.4) is 0 Å². The van der Waals surface area contributed by atoms with Gasteiger partial charge in [0.05, 0.1) is 0 Å². The lowest BCUT2D eigenvalue weighted by Gasteiger charge is -2.31. The van der Waals surface area contributed by atoms with Gasteiger partial charge in [-0.1, -0.05) is 0 Å². The van der Waals surface area contributed by atoms with Gasteiger partial charge in [0.2, 0.25) is 0 Å². The van der Waals surface area contributed by atoms with Gasteiger partial charge in [0.1, 0.15) is 5.69 Å². The smallest absolute Gasteiger partial charge is 0.270 e. The largest absolute Gasteiger partial charge is 0.396 e. The Morgan fingerprint density at radius 1 is 1.44 bits per heavy atom. The minimum absolute atomic E-state index is 0.116. The zero-order valence-electron chi connectivity index (χ0n) is 11.2. The number of hydrogen-bond donors (Lipinski definition) is 1. The van der Waals surface area contributed by atoms with Gasteiger partial charge in [-0.05, 0) is 44.7 Å². The molecule has 0 aliphatic carbocycles. The number of carbonyl (C=O) groups excluding carboxylic acids is 1. The van der Waals surface area contributed by atoms with E-state index >= 15 is 0 Å². The van der Waals surface area contributed by atoms with Crippen LogP contribution in [0.15, 0.2) is 18.3 Å². The molecule has 1 aromatic heterocycles. The highest BCUT2D eigenvalue weighted by Gasteiger charge is 2.25. The van der Waals surface area contributed by atoms with E-state index in [1.165, 1.54) is 0 Å². The zero-order chi connectivity index (χ0) is 13.1. The third-order valence-electron chi connectivity index (χ3n) is 3.71. The first-order valence-corrected chi connectivity index (χ1v) is 6.70. The summed E-state index contributed by atoms with van der Waals surface area (Å²) < 4.78 is 2.01. The van der Waals surface area contributed by atoms with Crippen molar-refractivity contribution in [1.82, 2.24) is 9.47 Å². The molecule has 0 radical (unpaired) electrons. The number of likely N-dealkylation sites (tertiary alicyclic amines) is 1. The van der Waals surface area contributed by atoms with Gasteiger partial charge < -0.3 is 14.6 Å². The number of aliphatic hydroxyl groups excluding tert-OH is 1. The Labute approximate surface area is 108 Å². The van der Waals surface area contributed by atoms with E-state index in [9.17, 15) is 4.79 Å². The minimum atomic E-state index is 0.116. The van der Waals surface area contributed by atoms with E-state index in [0.29, 0.717) is 12.0 Å². The van der Waals surface area contributed by atoms with Gasteiger partial charge in [0, 0.05) is 31.9 Å². The van der Waals surface area contributed by atoms with E-state index in [-0.39, 0.29) is 12.5 Å². The summed E-state index contributed by atoms with van der Waals surface area (Å²) in [6.07, 6.45) is 3.77. The summed E-state index contributed by atoms with van der Waals surface area (Å²) in [4.78, 5) is 14.3. The molecule has 1 N–H and O–H groups in total. The summed E-state index contributed by atoms with van der Waals surface area (Å²) in [5, 5.41) is 9.11. The predicted octanol–water partition coefficient (Wildman–Crippen LogP) is 1.91. The van der Waals surface area contributed by atoms with Gasteiger partial charge in [0.15, 0.2) is 0 Å². The molecule has 0 atom stereocenters. The van der Waals surface area contributed by atoms with Gasteiger partial charge in [-0.25, -0.2) is 0 Å². The van der Waals surface area contributed by atoms with Crippen molar-refractivity contribution in [2.24, 2.45) is 5.92 Å². The van der Waals surface area contributed by atoms with Crippen LogP contribution in [0.5, 0.6) is 0 Å². The van der Waals surface area contributed by atoms with Crippen LogP contribution in [0.2, 0.25) is 0 Å². The molecule has 0 bridgehead atoms. The summed E-state index contributed by atoms with van der Waals surface area (Å²) in [7, 11) is 0. The SMILES string of the molecule is CC(C)n1cccc1C(=O)N1CCC(CO)CC1. The molecule has 0 saturated carbocycles. The number of aliphatic hydroxyl groups is 1. The topological polar surface area (TPSA) is 45.5 Å². The van der Waals surface area contributed by atoms with Crippen LogP contribution in [0, 0.1) is 5.92 Å². The Morgan fingerprint density at radius 3 is 2.67 bits per heavy atom. The van der Waals surface area contributed by atoms with Crippen molar-refractivity contribution >= 4 is 5.91 Å². The van der Waals surface area contributed by atoms with Crippen LogP contribution >= 0.6 is 0 Å². The Bertz CT molecular complexity index is 404. The summed E-state index contributed by atoms with van der Waals surface area (Å²) in [6.45, 7) is 5.91. The quantitative estimate of drug-likeness (QED) is 0.890. The fourth-order valence-corrected chi connectivity index (χ4v) is 2.51. The second kappa shape index (κ2) is 5.57. The zero-order valence-corrected chi connectivity index (χ0v) is 11.2. The van der Waals surface area contributed by atoms with Crippen molar-refractivity contribution < 1.29 is 9.90 Å². The maximum absolute atomic E-state index is 12.4. The molecule has 1 aromatic rings. The van der Waals surface area contributed by atoms with Crippen molar-refractivity contribution in [3.05, 3.63) is 24.0 Å². The molecule has 2 heterocycles. The van der Waals surface area contributed by atoms with Crippen LogP contribution in [0.1, 0.15) is 43.2 Å².